The summed E-state index contributed by atoms with van der Waals surface area (Å²) in [6.45, 7) is 19.4. The second-order valence-electron chi connectivity index (χ2n) is 9.40. The van der Waals surface area contributed by atoms with Gasteiger partial charge >= 0.3 is 0 Å². The van der Waals surface area contributed by atoms with E-state index in [0.29, 0.717) is 17.3 Å². The summed E-state index contributed by atoms with van der Waals surface area (Å²) in [6, 6.07) is 3.90. The van der Waals surface area contributed by atoms with E-state index in [1.165, 1.54) is 12.7 Å². The summed E-state index contributed by atoms with van der Waals surface area (Å²) < 4.78 is 19.1. The first-order chi connectivity index (χ1) is 12.2. The number of benzene rings is 1. The Kier molecular flexibility index (Phi) is 6.17. The van der Waals surface area contributed by atoms with Crippen molar-refractivity contribution in [3.05, 3.63) is 24.8 Å². The first-order valence-electron chi connectivity index (χ1n) is 9.11. The summed E-state index contributed by atoms with van der Waals surface area (Å²) in [6.07, 6.45) is 2.98. The minimum Gasteiger partial charge on any atom is -0.544 e. The normalized spacial score (nSPS) is 12.6. The third kappa shape index (κ3) is 7.07. The summed E-state index contributed by atoms with van der Waals surface area (Å²) in [5.41, 5.74) is 0.769. The molecule has 0 radical (unpaired) electrons. The predicted octanol–water partition coefficient (Wildman–Crippen LogP) is 5.18. The maximum absolute atomic E-state index is 6.41. The van der Waals surface area contributed by atoms with E-state index in [2.05, 4.69) is 73.9 Å². The maximum Gasteiger partial charge on any atom is 0.242 e. The summed E-state index contributed by atoms with van der Waals surface area (Å²) in [5, 5.41) is 0. The van der Waals surface area contributed by atoms with E-state index in [0.717, 1.165) is 11.3 Å². The van der Waals surface area contributed by atoms with Gasteiger partial charge in [0, 0.05) is 12.1 Å². The molecule has 0 atom stereocenters. The lowest BCUT2D eigenvalue weighted by Crippen LogP contribution is -2.32. The zero-order valence-corrected chi connectivity index (χ0v) is 20.9. The van der Waals surface area contributed by atoms with Crippen molar-refractivity contribution in [3.63, 3.8) is 0 Å². The van der Waals surface area contributed by atoms with E-state index in [9.17, 15) is 0 Å². The Bertz CT molecular complexity index is 745. The lowest BCUT2D eigenvalue weighted by molar-refractivity contribution is 0.512. The zero-order chi connectivity index (χ0) is 20.5. The van der Waals surface area contributed by atoms with Crippen LogP contribution in [0.1, 0.15) is 0 Å². The van der Waals surface area contributed by atoms with Gasteiger partial charge in [-0.15, -0.1) is 0 Å². The number of nitrogens with zero attached hydrogens (tertiary/aromatic N) is 3. The molecule has 0 saturated carbocycles. The van der Waals surface area contributed by atoms with Crippen molar-refractivity contribution in [2.75, 3.05) is 0 Å². The topological polar surface area (TPSA) is 66.4 Å². The van der Waals surface area contributed by atoms with E-state index >= 15 is 0 Å². The number of rotatable bonds is 7. The highest BCUT2D eigenvalue weighted by Gasteiger charge is 2.28. The highest BCUT2D eigenvalue weighted by Crippen LogP contribution is 2.42. The minimum atomic E-state index is -1.89. The van der Waals surface area contributed by atoms with Crippen LogP contribution in [-0.2, 0) is 0 Å². The van der Waals surface area contributed by atoms with E-state index in [1.54, 1.807) is 0 Å². The SMILES string of the molecule is C[Si](C)(C)Oc1cc(O[Si](C)(C)C)c(-c2ncncn2)c(O[Si](C)(C)C)c1. The highest BCUT2D eigenvalue weighted by atomic mass is 28.4. The second kappa shape index (κ2) is 7.72. The summed E-state index contributed by atoms with van der Waals surface area (Å²) in [7, 11) is -5.56. The molecule has 2 rings (SSSR count). The van der Waals surface area contributed by atoms with E-state index < -0.39 is 25.0 Å². The molecule has 0 aliphatic rings. The molecule has 0 saturated heterocycles. The van der Waals surface area contributed by atoms with Gasteiger partial charge in [0.25, 0.3) is 0 Å². The standard InChI is InChI=1S/C18H31N3O3Si3/c1-25(2,3)22-14-10-15(23-26(4,5)6)17(18-20-12-19-13-21-18)16(11-14)24-27(7,8)9/h10-13H,1-9H3. The number of aromatic nitrogens is 3. The maximum atomic E-state index is 6.41. The Morgan fingerprint density at radius 3 is 1.41 bits per heavy atom. The van der Waals surface area contributed by atoms with Gasteiger partial charge in [-0.25, -0.2) is 15.0 Å². The average molecular weight is 422 g/mol. The second-order valence-corrected chi connectivity index (χ2v) is 22.7. The van der Waals surface area contributed by atoms with E-state index in [1.807, 2.05) is 12.1 Å². The lowest BCUT2D eigenvalue weighted by Gasteiger charge is -2.28. The van der Waals surface area contributed by atoms with Crippen LogP contribution in [0.2, 0.25) is 58.9 Å². The van der Waals surface area contributed by atoms with Crippen LogP contribution in [0, 0.1) is 0 Å². The predicted molar refractivity (Wildman–Crippen MR) is 117 cm³/mol. The molecule has 0 N–H and O–H groups in total. The van der Waals surface area contributed by atoms with Crippen molar-refractivity contribution in [1.82, 2.24) is 15.0 Å². The van der Waals surface area contributed by atoms with Crippen LogP contribution in [0.15, 0.2) is 24.8 Å². The quantitative estimate of drug-likeness (QED) is 0.574. The summed E-state index contributed by atoms with van der Waals surface area (Å²) >= 11 is 0. The Balaban J connectivity index is 2.71. The Morgan fingerprint density at radius 2 is 1.04 bits per heavy atom. The summed E-state index contributed by atoms with van der Waals surface area (Å²) in [4.78, 5) is 12.6. The fraction of sp³-hybridized carbons (Fsp3) is 0.500. The molecule has 0 amide bonds. The Hall–Kier alpha value is -1.72. The Morgan fingerprint density at radius 1 is 0.630 bits per heavy atom. The molecule has 27 heavy (non-hydrogen) atoms. The van der Waals surface area contributed by atoms with Gasteiger partial charge in [-0.2, -0.15) is 0 Å². The average Bonchev–Trinajstić information content (AvgIpc) is 2.42. The first-order valence-corrected chi connectivity index (χ1v) is 19.3. The van der Waals surface area contributed by atoms with Gasteiger partial charge in [0.15, 0.2) is 5.82 Å². The molecule has 1 heterocycles. The van der Waals surface area contributed by atoms with Gasteiger partial charge in [0.05, 0.1) is 0 Å². The van der Waals surface area contributed by atoms with E-state index in [4.69, 9.17) is 13.3 Å². The van der Waals surface area contributed by atoms with Crippen molar-refractivity contribution < 1.29 is 13.3 Å². The van der Waals surface area contributed by atoms with Crippen LogP contribution in [-0.4, -0.2) is 39.9 Å². The molecule has 0 bridgehead atoms. The zero-order valence-electron chi connectivity index (χ0n) is 17.9. The Labute approximate surface area is 165 Å². The molecule has 9 heteroatoms. The van der Waals surface area contributed by atoms with Crippen LogP contribution in [0.25, 0.3) is 11.4 Å². The molecule has 1 aromatic heterocycles. The monoisotopic (exact) mass is 421 g/mol. The molecule has 0 aliphatic heterocycles. The van der Waals surface area contributed by atoms with Crippen LogP contribution < -0.4 is 13.3 Å². The van der Waals surface area contributed by atoms with Gasteiger partial charge in [-0.1, -0.05) is 0 Å². The third-order valence-electron chi connectivity index (χ3n) is 3.01. The van der Waals surface area contributed by atoms with Crippen molar-refractivity contribution in [2.24, 2.45) is 0 Å². The molecule has 0 spiro atoms. The van der Waals surface area contributed by atoms with Crippen molar-refractivity contribution in [1.29, 1.82) is 0 Å². The molecular weight excluding hydrogens is 390 g/mol. The van der Waals surface area contributed by atoms with Crippen LogP contribution in [0.4, 0.5) is 0 Å². The van der Waals surface area contributed by atoms with Gasteiger partial charge in [-0.3, -0.25) is 0 Å². The third-order valence-corrected chi connectivity index (χ3v) is 5.53. The summed E-state index contributed by atoms with van der Waals surface area (Å²) in [5.74, 6) is 2.74. The molecule has 1 aromatic carbocycles. The van der Waals surface area contributed by atoms with Gasteiger partial charge in [0.1, 0.15) is 35.5 Å². The fourth-order valence-corrected chi connectivity index (χ4v) is 4.85. The van der Waals surface area contributed by atoms with Crippen molar-refractivity contribution in [2.45, 2.75) is 58.9 Å². The van der Waals surface area contributed by atoms with Crippen LogP contribution in [0.5, 0.6) is 17.2 Å². The van der Waals surface area contributed by atoms with E-state index in [-0.39, 0.29) is 0 Å². The molecule has 2 aromatic rings. The molecule has 6 nitrogen and oxygen atoms in total. The largest absolute Gasteiger partial charge is 0.544 e. The van der Waals surface area contributed by atoms with Crippen LogP contribution in [0.3, 0.4) is 0 Å². The van der Waals surface area contributed by atoms with Crippen molar-refractivity contribution in [3.8, 4) is 28.6 Å². The molecule has 0 fully saturated rings. The fourth-order valence-electron chi connectivity index (χ4n) is 2.39. The molecule has 0 unspecified atom stereocenters. The van der Waals surface area contributed by atoms with Crippen molar-refractivity contribution >= 4 is 25.0 Å². The lowest BCUT2D eigenvalue weighted by atomic mass is 10.1. The number of hydrogen-bond acceptors (Lipinski definition) is 6. The highest BCUT2D eigenvalue weighted by molar-refractivity contribution is 6.71. The number of hydrogen-bond donors (Lipinski definition) is 0. The molecule has 148 valence electrons. The van der Waals surface area contributed by atoms with Crippen LogP contribution >= 0.6 is 0 Å². The van der Waals surface area contributed by atoms with Gasteiger partial charge in [0.2, 0.25) is 25.0 Å². The van der Waals surface area contributed by atoms with Gasteiger partial charge in [-0.05, 0) is 58.9 Å². The first kappa shape index (κ1) is 21.6. The molecular formula is C18H31N3O3Si3. The van der Waals surface area contributed by atoms with Gasteiger partial charge < -0.3 is 13.3 Å². The smallest absolute Gasteiger partial charge is 0.242 e. The molecule has 0 aliphatic carbocycles. The minimum absolute atomic E-state index is 0.547.